The van der Waals surface area contributed by atoms with E-state index in [1.807, 2.05) is 0 Å². The standard InChI is InChI=1S/C19H40N2/c1-7-10-13-21(15(4)8-2)18-14-16(11-12-17(18)20)19(5,6)9-3/h15-18H,7-14,20H2,1-6H3. The molecule has 0 aromatic rings. The maximum absolute atomic E-state index is 6.55. The fraction of sp³-hybridized carbons (Fsp3) is 1.00. The van der Waals surface area contributed by atoms with Gasteiger partial charge in [-0.25, -0.2) is 0 Å². The van der Waals surface area contributed by atoms with Crippen molar-refractivity contribution in [2.45, 2.75) is 105 Å². The SMILES string of the molecule is CCCCN(C(C)CC)C1CC(C(C)(C)CC)CCC1N. The molecule has 0 amide bonds. The molecular weight excluding hydrogens is 256 g/mol. The van der Waals surface area contributed by atoms with Crippen LogP contribution in [0, 0.1) is 11.3 Å². The lowest BCUT2D eigenvalue weighted by molar-refractivity contribution is 0.0378. The van der Waals surface area contributed by atoms with Gasteiger partial charge in [0.05, 0.1) is 0 Å². The highest BCUT2D eigenvalue weighted by Crippen LogP contribution is 2.41. The Morgan fingerprint density at radius 2 is 1.86 bits per heavy atom. The largest absolute Gasteiger partial charge is 0.326 e. The van der Waals surface area contributed by atoms with E-state index >= 15 is 0 Å². The monoisotopic (exact) mass is 296 g/mol. The molecule has 4 atom stereocenters. The molecule has 1 fully saturated rings. The van der Waals surface area contributed by atoms with Gasteiger partial charge in [0.25, 0.3) is 0 Å². The summed E-state index contributed by atoms with van der Waals surface area (Å²) in [4.78, 5) is 2.74. The van der Waals surface area contributed by atoms with Gasteiger partial charge >= 0.3 is 0 Å². The molecule has 0 aromatic heterocycles. The smallest absolute Gasteiger partial charge is 0.0252 e. The Balaban J connectivity index is 2.83. The molecule has 0 aromatic carbocycles. The van der Waals surface area contributed by atoms with Gasteiger partial charge in [0.15, 0.2) is 0 Å². The zero-order chi connectivity index (χ0) is 16.0. The summed E-state index contributed by atoms with van der Waals surface area (Å²) >= 11 is 0. The number of hydrogen-bond acceptors (Lipinski definition) is 2. The summed E-state index contributed by atoms with van der Waals surface area (Å²) in [7, 11) is 0. The van der Waals surface area contributed by atoms with Gasteiger partial charge in [-0.1, -0.05) is 47.5 Å². The van der Waals surface area contributed by atoms with Crippen molar-refractivity contribution < 1.29 is 0 Å². The minimum atomic E-state index is 0.375. The van der Waals surface area contributed by atoms with E-state index in [0.29, 0.717) is 23.5 Å². The second kappa shape index (κ2) is 8.53. The molecular formula is C19H40N2. The Labute approximate surface area is 133 Å². The Morgan fingerprint density at radius 3 is 2.38 bits per heavy atom. The third kappa shape index (κ3) is 4.96. The van der Waals surface area contributed by atoms with Crippen LogP contribution in [0.1, 0.15) is 86.5 Å². The quantitative estimate of drug-likeness (QED) is 0.696. The second-order valence-corrected chi connectivity index (χ2v) is 7.93. The molecule has 1 aliphatic rings. The molecule has 21 heavy (non-hydrogen) atoms. The lowest BCUT2D eigenvalue weighted by Crippen LogP contribution is -2.55. The highest BCUT2D eigenvalue weighted by molar-refractivity contribution is 4.94. The second-order valence-electron chi connectivity index (χ2n) is 7.93. The molecule has 1 rings (SSSR count). The maximum atomic E-state index is 6.55. The number of rotatable bonds is 8. The predicted octanol–water partition coefficient (Wildman–Crippen LogP) is 4.82. The number of nitrogens with zero attached hydrogens (tertiary/aromatic N) is 1. The van der Waals surface area contributed by atoms with E-state index in [-0.39, 0.29) is 0 Å². The minimum Gasteiger partial charge on any atom is -0.326 e. The summed E-state index contributed by atoms with van der Waals surface area (Å²) in [6, 6.07) is 1.63. The molecule has 2 N–H and O–H groups in total. The van der Waals surface area contributed by atoms with Gasteiger partial charge in [-0.15, -0.1) is 0 Å². The molecule has 0 bridgehead atoms. The fourth-order valence-corrected chi connectivity index (χ4v) is 3.84. The Bertz CT molecular complexity index is 287. The van der Waals surface area contributed by atoms with Crippen LogP contribution in [-0.4, -0.2) is 29.6 Å². The zero-order valence-electron chi connectivity index (χ0n) is 15.5. The van der Waals surface area contributed by atoms with Crippen molar-refractivity contribution in [1.29, 1.82) is 0 Å². The minimum absolute atomic E-state index is 0.375. The highest BCUT2D eigenvalue weighted by Gasteiger charge is 2.38. The molecule has 1 aliphatic carbocycles. The van der Waals surface area contributed by atoms with Crippen LogP contribution in [0.4, 0.5) is 0 Å². The van der Waals surface area contributed by atoms with Crippen molar-refractivity contribution in [3.05, 3.63) is 0 Å². The van der Waals surface area contributed by atoms with Crippen LogP contribution in [0.3, 0.4) is 0 Å². The first-order valence-corrected chi connectivity index (χ1v) is 9.38. The first-order chi connectivity index (χ1) is 9.87. The third-order valence-corrected chi connectivity index (χ3v) is 6.24. The predicted molar refractivity (Wildman–Crippen MR) is 94.5 cm³/mol. The summed E-state index contributed by atoms with van der Waals surface area (Å²) in [5.74, 6) is 0.834. The van der Waals surface area contributed by atoms with Gasteiger partial charge in [-0.2, -0.15) is 0 Å². The normalized spacial score (nSPS) is 28.9. The number of hydrogen-bond donors (Lipinski definition) is 1. The molecule has 126 valence electrons. The summed E-state index contributed by atoms with van der Waals surface area (Å²) in [6.45, 7) is 15.5. The Kier molecular flexibility index (Phi) is 7.70. The molecule has 2 nitrogen and oxygen atoms in total. The maximum Gasteiger partial charge on any atom is 0.0252 e. The fourth-order valence-electron chi connectivity index (χ4n) is 3.84. The van der Waals surface area contributed by atoms with Gasteiger partial charge in [0.2, 0.25) is 0 Å². The molecule has 0 radical (unpaired) electrons. The molecule has 4 unspecified atom stereocenters. The van der Waals surface area contributed by atoms with Crippen LogP contribution < -0.4 is 5.73 Å². The molecule has 0 heterocycles. The van der Waals surface area contributed by atoms with Crippen LogP contribution in [0.2, 0.25) is 0 Å². The van der Waals surface area contributed by atoms with Crippen molar-refractivity contribution in [3.63, 3.8) is 0 Å². The molecule has 0 spiro atoms. The third-order valence-electron chi connectivity index (χ3n) is 6.24. The van der Waals surface area contributed by atoms with Gasteiger partial charge in [0.1, 0.15) is 0 Å². The van der Waals surface area contributed by atoms with Crippen molar-refractivity contribution >= 4 is 0 Å². The van der Waals surface area contributed by atoms with Gasteiger partial charge in [-0.3, -0.25) is 4.90 Å². The number of nitrogens with two attached hydrogens (primary N) is 1. The van der Waals surface area contributed by atoms with E-state index in [1.54, 1.807) is 0 Å². The van der Waals surface area contributed by atoms with Crippen LogP contribution in [-0.2, 0) is 0 Å². The Morgan fingerprint density at radius 1 is 1.19 bits per heavy atom. The Hall–Kier alpha value is -0.0800. The zero-order valence-corrected chi connectivity index (χ0v) is 15.5. The average molecular weight is 297 g/mol. The summed E-state index contributed by atoms with van der Waals surface area (Å²) < 4.78 is 0. The van der Waals surface area contributed by atoms with E-state index in [2.05, 4.69) is 46.4 Å². The van der Waals surface area contributed by atoms with Crippen molar-refractivity contribution in [1.82, 2.24) is 4.90 Å². The van der Waals surface area contributed by atoms with Gasteiger partial charge in [-0.05, 0) is 56.9 Å². The van der Waals surface area contributed by atoms with Crippen LogP contribution in [0.15, 0.2) is 0 Å². The summed E-state index contributed by atoms with van der Waals surface area (Å²) in [6.07, 6.45) is 8.91. The average Bonchev–Trinajstić information content (AvgIpc) is 2.48. The topological polar surface area (TPSA) is 29.3 Å². The first kappa shape index (κ1) is 19.0. The number of unbranched alkanes of at least 4 members (excludes halogenated alkanes) is 1. The van der Waals surface area contributed by atoms with Gasteiger partial charge < -0.3 is 5.73 Å². The van der Waals surface area contributed by atoms with Crippen LogP contribution in [0.25, 0.3) is 0 Å². The van der Waals surface area contributed by atoms with E-state index in [4.69, 9.17) is 5.73 Å². The van der Waals surface area contributed by atoms with Gasteiger partial charge in [0, 0.05) is 18.1 Å². The summed E-state index contributed by atoms with van der Waals surface area (Å²) in [5.41, 5.74) is 7.01. The van der Waals surface area contributed by atoms with Crippen molar-refractivity contribution in [3.8, 4) is 0 Å². The lowest BCUT2D eigenvalue weighted by Gasteiger charge is -2.47. The molecule has 1 saturated carbocycles. The van der Waals surface area contributed by atoms with Crippen molar-refractivity contribution in [2.75, 3.05) is 6.54 Å². The molecule has 0 aliphatic heterocycles. The molecule has 0 saturated heterocycles. The van der Waals surface area contributed by atoms with E-state index in [0.717, 1.165) is 5.92 Å². The van der Waals surface area contributed by atoms with Crippen LogP contribution in [0.5, 0.6) is 0 Å². The van der Waals surface area contributed by atoms with Crippen molar-refractivity contribution in [2.24, 2.45) is 17.1 Å². The molecule has 2 heteroatoms. The summed E-state index contributed by atoms with van der Waals surface area (Å²) in [5, 5.41) is 0. The highest BCUT2D eigenvalue weighted by atomic mass is 15.2. The van der Waals surface area contributed by atoms with E-state index in [9.17, 15) is 0 Å². The first-order valence-electron chi connectivity index (χ1n) is 9.38. The lowest BCUT2D eigenvalue weighted by atomic mass is 9.67. The van der Waals surface area contributed by atoms with Crippen LogP contribution >= 0.6 is 0 Å². The van der Waals surface area contributed by atoms with E-state index in [1.165, 1.54) is 51.5 Å². The van der Waals surface area contributed by atoms with E-state index < -0.39 is 0 Å².